The van der Waals surface area contributed by atoms with Gasteiger partial charge in [-0.05, 0) is 18.6 Å². The van der Waals surface area contributed by atoms with Gasteiger partial charge in [0.05, 0.1) is 7.11 Å². The summed E-state index contributed by atoms with van der Waals surface area (Å²) < 4.78 is 5.04. The molecular formula is C17H20N4O2. The fourth-order valence-electron chi connectivity index (χ4n) is 2.57. The number of hydrogen-bond acceptors (Lipinski definition) is 6. The third kappa shape index (κ3) is 3.21. The Morgan fingerprint density at radius 3 is 3.00 bits per heavy atom. The Hall–Kier alpha value is -2.76. The van der Waals surface area contributed by atoms with Crippen molar-refractivity contribution in [3.63, 3.8) is 0 Å². The first-order chi connectivity index (χ1) is 11.2. The molecule has 6 heteroatoms. The van der Waals surface area contributed by atoms with Crippen LogP contribution in [0.25, 0.3) is 6.08 Å². The molecule has 0 amide bonds. The van der Waals surface area contributed by atoms with E-state index in [1.165, 1.54) is 7.11 Å². The zero-order valence-electron chi connectivity index (χ0n) is 13.3. The van der Waals surface area contributed by atoms with Crippen LogP contribution in [0.1, 0.15) is 18.9 Å². The molecule has 0 atom stereocenters. The number of aromatic nitrogens is 2. The SMILES string of the molecule is CCCN1CC=Cc2cnc(Nc3ccc(OC)c(O)c3)nc21. The molecule has 0 aliphatic carbocycles. The van der Waals surface area contributed by atoms with Gasteiger partial charge in [-0.25, -0.2) is 4.98 Å². The van der Waals surface area contributed by atoms with Gasteiger partial charge in [0.1, 0.15) is 5.82 Å². The second kappa shape index (κ2) is 6.56. The number of hydrogen-bond donors (Lipinski definition) is 2. The van der Waals surface area contributed by atoms with E-state index in [0.717, 1.165) is 30.9 Å². The lowest BCUT2D eigenvalue weighted by molar-refractivity contribution is 0.373. The molecule has 3 rings (SSSR count). The number of nitrogens with one attached hydrogen (secondary N) is 1. The zero-order chi connectivity index (χ0) is 16.2. The smallest absolute Gasteiger partial charge is 0.229 e. The van der Waals surface area contributed by atoms with Crippen molar-refractivity contribution in [1.82, 2.24) is 9.97 Å². The number of rotatable bonds is 5. The van der Waals surface area contributed by atoms with E-state index in [-0.39, 0.29) is 5.75 Å². The highest BCUT2D eigenvalue weighted by molar-refractivity contribution is 5.69. The molecule has 0 saturated carbocycles. The summed E-state index contributed by atoms with van der Waals surface area (Å²) in [6.45, 7) is 3.97. The lowest BCUT2D eigenvalue weighted by Gasteiger charge is -2.26. The van der Waals surface area contributed by atoms with Crippen LogP contribution in [0.2, 0.25) is 0 Å². The molecule has 0 unspecified atom stereocenters. The summed E-state index contributed by atoms with van der Waals surface area (Å²) in [4.78, 5) is 11.2. The van der Waals surface area contributed by atoms with Gasteiger partial charge in [-0.2, -0.15) is 4.98 Å². The first-order valence-corrected chi connectivity index (χ1v) is 7.64. The standard InChI is InChI=1S/C17H20N4O2/c1-3-8-21-9-4-5-12-11-18-17(20-16(12)21)19-13-6-7-15(23-2)14(22)10-13/h4-7,10-11,22H,3,8-9H2,1-2H3,(H,18,19,20). The largest absolute Gasteiger partial charge is 0.504 e. The van der Waals surface area contributed by atoms with Gasteiger partial charge in [-0.15, -0.1) is 0 Å². The minimum atomic E-state index is 0.0750. The number of ether oxygens (including phenoxy) is 1. The maximum Gasteiger partial charge on any atom is 0.229 e. The Bertz CT molecular complexity index is 731. The zero-order valence-corrected chi connectivity index (χ0v) is 13.3. The molecule has 0 saturated heterocycles. The van der Waals surface area contributed by atoms with Crippen LogP contribution in [-0.2, 0) is 0 Å². The molecule has 120 valence electrons. The highest BCUT2D eigenvalue weighted by atomic mass is 16.5. The van der Waals surface area contributed by atoms with Gasteiger partial charge in [0.15, 0.2) is 11.5 Å². The second-order valence-corrected chi connectivity index (χ2v) is 5.33. The van der Waals surface area contributed by atoms with Crippen LogP contribution in [0.3, 0.4) is 0 Å². The molecule has 1 aliphatic rings. The van der Waals surface area contributed by atoms with Crippen LogP contribution in [-0.4, -0.2) is 35.3 Å². The van der Waals surface area contributed by atoms with E-state index < -0.39 is 0 Å². The minimum absolute atomic E-state index is 0.0750. The van der Waals surface area contributed by atoms with Crippen molar-refractivity contribution >= 4 is 23.5 Å². The first-order valence-electron chi connectivity index (χ1n) is 7.64. The summed E-state index contributed by atoms with van der Waals surface area (Å²) in [7, 11) is 1.52. The molecule has 6 nitrogen and oxygen atoms in total. The van der Waals surface area contributed by atoms with Gasteiger partial charge in [0, 0.05) is 36.6 Å². The molecule has 23 heavy (non-hydrogen) atoms. The van der Waals surface area contributed by atoms with E-state index in [1.54, 1.807) is 12.1 Å². The fourth-order valence-corrected chi connectivity index (χ4v) is 2.57. The Morgan fingerprint density at radius 2 is 2.26 bits per heavy atom. The molecule has 0 fully saturated rings. The third-order valence-electron chi connectivity index (χ3n) is 3.65. The maximum absolute atomic E-state index is 9.85. The van der Waals surface area contributed by atoms with Crippen LogP contribution >= 0.6 is 0 Å². The molecule has 2 aromatic rings. The predicted octanol–water partition coefficient (Wildman–Crippen LogP) is 3.18. The second-order valence-electron chi connectivity index (χ2n) is 5.33. The Labute approximate surface area is 135 Å². The summed E-state index contributed by atoms with van der Waals surface area (Å²) in [5.41, 5.74) is 1.73. The predicted molar refractivity (Wildman–Crippen MR) is 91.5 cm³/mol. The Kier molecular flexibility index (Phi) is 4.32. The van der Waals surface area contributed by atoms with Gasteiger partial charge in [-0.3, -0.25) is 0 Å². The third-order valence-corrected chi connectivity index (χ3v) is 3.65. The number of anilines is 3. The highest BCUT2D eigenvalue weighted by Gasteiger charge is 2.15. The number of benzene rings is 1. The fraction of sp³-hybridized carbons (Fsp3) is 0.294. The topological polar surface area (TPSA) is 70.5 Å². The molecule has 2 heterocycles. The molecule has 0 bridgehead atoms. The van der Waals surface area contributed by atoms with Crippen molar-refractivity contribution < 1.29 is 9.84 Å². The Morgan fingerprint density at radius 1 is 1.39 bits per heavy atom. The number of fused-ring (bicyclic) bond motifs is 1. The number of nitrogens with zero attached hydrogens (tertiary/aromatic N) is 3. The highest BCUT2D eigenvalue weighted by Crippen LogP contribution is 2.30. The lowest BCUT2D eigenvalue weighted by Crippen LogP contribution is -2.28. The van der Waals surface area contributed by atoms with Crippen LogP contribution < -0.4 is 15.0 Å². The van der Waals surface area contributed by atoms with Crippen LogP contribution in [0, 0.1) is 0 Å². The molecular weight excluding hydrogens is 292 g/mol. The van der Waals surface area contributed by atoms with Crippen molar-refractivity contribution in [2.45, 2.75) is 13.3 Å². The summed E-state index contributed by atoms with van der Waals surface area (Å²) in [6.07, 6.45) is 7.04. The van der Waals surface area contributed by atoms with Gasteiger partial charge in [0.2, 0.25) is 5.95 Å². The monoisotopic (exact) mass is 312 g/mol. The molecule has 1 aromatic heterocycles. The molecule has 1 aliphatic heterocycles. The lowest BCUT2D eigenvalue weighted by atomic mass is 10.2. The number of methoxy groups -OCH3 is 1. The number of phenols is 1. The molecule has 0 spiro atoms. The number of aromatic hydroxyl groups is 1. The summed E-state index contributed by atoms with van der Waals surface area (Å²) in [5.74, 6) is 1.95. The van der Waals surface area contributed by atoms with E-state index in [1.807, 2.05) is 18.3 Å². The first kappa shape index (κ1) is 15.1. The summed E-state index contributed by atoms with van der Waals surface area (Å²) in [5, 5.41) is 13.0. The normalized spacial score (nSPS) is 12.9. The van der Waals surface area contributed by atoms with Crippen molar-refractivity contribution in [2.24, 2.45) is 0 Å². The van der Waals surface area contributed by atoms with Crippen molar-refractivity contribution in [1.29, 1.82) is 0 Å². The van der Waals surface area contributed by atoms with Crippen LogP contribution in [0.5, 0.6) is 11.5 Å². The molecule has 2 N–H and O–H groups in total. The molecule has 0 radical (unpaired) electrons. The van der Waals surface area contributed by atoms with Crippen LogP contribution in [0.15, 0.2) is 30.5 Å². The van der Waals surface area contributed by atoms with Crippen molar-refractivity contribution in [2.75, 3.05) is 30.4 Å². The van der Waals surface area contributed by atoms with E-state index in [9.17, 15) is 5.11 Å². The molecule has 1 aromatic carbocycles. The van der Waals surface area contributed by atoms with Crippen molar-refractivity contribution in [3.05, 3.63) is 36.0 Å². The average Bonchev–Trinajstić information content (AvgIpc) is 2.56. The summed E-state index contributed by atoms with van der Waals surface area (Å²) >= 11 is 0. The summed E-state index contributed by atoms with van der Waals surface area (Å²) in [6, 6.07) is 5.10. The maximum atomic E-state index is 9.85. The van der Waals surface area contributed by atoms with E-state index in [0.29, 0.717) is 17.4 Å². The van der Waals surface area contributed by atoms with Crippen LogP contribution in [0.4, 0.5) is 17.5 Å². The quantitative estimate of drug-likeness (QED) is 0.883. The van der Waals surface area contributed by atoms with E-state index >= 15 is 0 Å². The van der Waals surface area contributed by atoms with Crippen molar-refractivity contribution in [3.8, 4) is 11.5 Å². The van der Waals surface area contributed by atoms with Gasteiger partial charge in [0.25, 0.3) is 0 Å². The van der Waals surface area contributed by atoms with Gasteiger partial charge >= 0.3 is 0 Å². The van der Waals surface area contributed by atoms with Gasteiger partial charge < -0.3 is 20.1 Å². The minimum Gasteiger partial charge on any atom is -0.504 e. The number of phenolic OH excluding ortho intramolecular Hbond substituents is 1. The van der Waals surface area contributed by atoms with Gasteiger partial charge in [-0.1, -0.05) is 19.1 Å². The van der Waals surface area contributed by atoms with E-state index in [2.05, 4.69) is 33.2 Å². The average molecular weight is 312 g/mol. The Balaban J connectivity index is 1.85. The van der Waals surface area contributed by atoms with E-state index in [4.69, 9.17) is 4.74 Å².